The van der Waals surface area contributed by atoms with Gasteiger partial charge in [-0.05, 0) is 30.2 Å². The number of nitrogens with zero attached hydrogens (tertiary/aromatic N) is 2. The maximum absolute atomic E-state index is 12.9. The van der Waals surface area contributed by atoms with E-state index in [1.807, 2.05) is 6.07 Å². The van der Waals surface area contributed by atoms with Gasteiger partial charge in [-0.2, -0.15) is 0 Å². The molecule has 182 valence electrons. The number of urea groups is 1. The van der Waals surface area contributed by atoms with Crippen LogP contribution in [0.1, 0.15) is 38.8 Å². The molecule has 3 rings (SSSR count). The molecule has 0 unspecified atom stereocenters. The van der Waals surface area contributed by atoms with Crippen LogP contribution in [0.5, 0.6) is 0 Å². The third-order valence-electron chi connectivity index (χ3n) is 5.24. The zero-order chi connectivity index (χ0) is 25.5. The van der Waals surface area contributed by atoms with Gasteiger partial charge >= 0.3 is 17.7 Å². The van der Waals surface area contributed by atoms with E-state index in [0.29, 0.717) is 5.56 Å². The van der Waals surface area contributed by atoms with Crippen molar-refractivity contribution in [3.63, 3.8) is 0 Å². The third kappa shape index (κ3) is 5.82. The largest absolute Gasteiger partial charge is 0.454 e. The molecule has 0 aliphatic rings. The minimum atomic E-state index is -0.841. The number of aromatic nitrogens is 2. The molecule has 0 bridgehead atoms. The molecule has 35 heavy (non-hydrogen) atoms. The quantitative estimate of drug-likeness (QED) is 0.302. The molecule has 1 aromatic heterocycles. The highest BCUT2D eigenvalue weighted by atomic mass is 16.5. The van der Waals surface area contributed by atoms with Gasteiger partial charge in [0.2, 0.25) is 5.78 Å². The fraction of sp³-hybridized carbons (Fsp3) is 0.208. The molecule has 0 aliphatic carbocycles. The smallest absolute Gasteiger partial charge is 0.338 e. The molecule has 11 nitrogen and oxygen atoms in total. The average Bonchev–Trinajstić information content (AvgIpc) is 2.85. The number of ketones is 1. The lowest BCUT2D eigenvalue weighted by Gasteiger charge is -2.16. The van der Waals surface area contributed by atoms with Crippen LogP contribution in [0.25, 0.3) is 0 Å². The van der Waals surface area contributed by atoms with E-state index in [0.717, 1.165) is 14.7 Å². The van der Waals surface area contributed by atoms with Crippen LogP contribution in [-0.4, -0.2) is 33.5 Å². The Balaban J connectivity index is 1.80. The van der Waals surface area contributed by atoms with Crippen LogP contribution in [0.15, 0.2) is 64.2 Å². The zero-order valence-corrected chi connectivity index (χ0v) is 19.0. The lowest BCUT2D eigenvalue weighted by atomic mass is 10.1. The molecule has 5 N–H and O–H groups in total. The summed E-state index contributed by atoms with van der Waals surface area (Å²) < 4.78 is 7.14. The van der Waals surface area contributed by atoms with Crippen molar-refractivity contribution in [2.45, 2.75) is 26.6 Å². The van der Waals surface area contributed by atoms with Crippen molar-refractivity contribution in [3.8, 4) is 0 Å². The summed E-state index contributed by atoms with van der Waals surface area (Å²) in [6, 6.07) is 14.4. The summed E-state index contributed by atoms with van der Waals surface area (Å²) in [6.45, 7) is 1.14. The van der Waals surface area contributed by atoms with Gasteiger partial charge < -0.3 is 21.5 Å². The Morgan fingerprint density at radius 1 is 0.943 bits per heavy atom. The van der Waals surface area contributed by atoms with Gasteiger partial charge in [0.15, 0.2) is 6.61 Å². The van der Waals surface area contributed by atoms with Crippen LogP contribution in [0.4, 0.5) is 10.6 Å². The summed E-state index contributed by atoms with van der Waals surface area (Å²) in [5.41, 5.74) is 10.8. The van der Waals surface area contributed by atoms with E-state index >= 15 is 0 Å². The van der Waals surface area contributed by atoms with Gasteiger partial charge in [-0.1, -0.05) is 42.5 Å². The summed E-state index contributed by atoms with van der Waals surface area (Å²) in [6.07, 6.45) is 0. The first-order valence-corrected chi connectivity index (χ1v) is 10.7. The number of hydrogen-bond acceptors (Lipinski definition) is 7. The van der Waals surface area contributed by atoms with Gasteiger partial charge in [0.05, 0.1) is 12.1 Å². The number of carbonyl (C=O) groups is 3. The predicted molar refractivity (Wildman–Crippen MR) is 128 cm³/mol. The number of nitrogens with two attached hydrogens (primary N) is 2. The first-order valence-electron chi connectivity index (χ1n) is 10.7. The number of Topliss-reactive ketones (excluding diaryl/α,β-unsaturated/α-hetero) is 1. The van der Waals surface area contributed by atoms with Crippen LogP contribution in [0, 0.1) is 0 Å². The van der Waals surface area contributed by atoms with Crippen LogP contribution in [-0.2, 0) is 24.4 Å². The molecule has 0 radical (unpaired) electrons. The van der Waals surface area contributed by atoms with E-state index in [4.69, 9.17) is 16.2 Å². The van der Waals surface area contributed by atoms with Crippen molar-refractivity contribution >= 4 is 23.6 Å². The van der Waals surface area contributed by atoms with E-state index in [1.165, 1.54) is 12.1 Å². The van der Waals surface area contributed by atoms with Crippen molar-refractivity contribution in [1.82, 2.24) is 14.5 Å². The zero-order valence-electron chi connectivity index (χ0n) is 19.0. The highest BCUT2D eigenvalue weighted by molar-refractivity contribution is 6.02. The molecular formula is C24H25N5O6. The average molecular weight is 479 g/mol. The highest BCUT2D eigenvalue weighted by Crippen LogP contribution is 2.11. The van der Waals surface area contributed by atoms with E-state index in [2.05, 4.69) is 5.32 Å². The minimum absolute atomic E-state index is 0.0315. The minimum Gasteiger partial charge on any atom is -0.454 e. The Kier molecular flexibility index (Phi) is 7.82. The summed E-state index contributed by atoms with van der Waals surface area (Å²) in [5.74, 6) is -1.91. The molecule has 0 spiro atoms. The molecular weight excluding hydrogens is 454 g/mol. The summed E-state index contributed by atoms with van der Waals surface area (Å²) in [5, 5.41) is 2.42. The second-order valence-corrected chi connectivity index (χ2v) is 7.58. The monoisotopic (exact) mass is 479 g/mol. The third-order valence-corrected chi connectivity index (χ3v) is 5.24. The van der Waals surface area contributed by atoms with Crippen molar-refractivity contribution < 1.29 is 19.1 Å². The van der Waals surface area contributed by atoms with E-state index in [-0.39, 0.29) is 31.0 Å². The van der Waals surface area contributed by atoms with Crippen LogP contribution < -0.4 is 28.0 Å². The second kappa shape index (κ2) is 11.0. The molecule has 3 aromatic rings. The van der Waals surface area contributed by atoms with E-state index in [1.54, 1.807) is 43.3 Å². The van der Waals surface area contributed by atoms with Crippen molar-refractivity contribution in [3.05, 3.63) is 97.7 Å². The summed E-state index contributed by atoms with van der Waals surface area (Å²) in [7, 11) is 0. The lowest BCUT2D eigenvalue weighted by Crippen LogP contribution is -2.44. The summed E-state index contributed by atoms with van der Waals surface area (Å²) >= 11 is 0. The first-order chi connectivity index (χ1) is 16.7. The molecule has 0 atom stereocenters. The Morgan fingerprint density at radius 3 is 2.20 bits per heavy atom. The number of rotatable bonds is 9. The maximum atomic E-state index is 12.9. The number of ether oxygens (including phenoxy) is 1. The number of benzene rings is 2. The van der Waals surface area contributed by atoms with Crippen molar-refractivity contribution in [2.75, 3.05) is 12.3 Å². The van der Waals surface area contributed by atoms with Crippen molar-refractivity contribution in [1.29, 1.82) is 0 Å². The first kappa shape index (κ1) is 25.0. The number of hydrogen-bond donors (Lipinski definition) is 3. The Morgan fingerprint density at radius 2 is 1.60 bits per heavy atom. The van der Waals surface area contributed by atoms with Gasteiger partial charge in [0, 0.05) is 13.1 Å². The Bertz CT molecular complexity index is 1360. The van der Waals surface area contributed by atoms with Crippen LogP contribution >= 0.6 is 0 Å². The molecule has 2 amide bonds. The number of nitrogen functional groups attached to an aromatic ring is 1. The number of anilines is 1. The molecule has 1 heterocycles. The van der Waals surface area contributed by atoms with Crippen LogP contribution in [0.2, 0.25) is 0 Å². The number of amides is 2. The van der Waals surface area contributed by atoms with Gasteiger partial charge in [-0.3, -0.25) is 18.7 Å². The number of carbonyl (C=O) groups excluding carboxylic acids is 3. The predicted octanol–water partition coefficient (Wildman–Crippen LogP) is 0.868. The normalized spacial score (nSPS) is 10.5. The SMILES string of the molecule is CCn1c(=O)c(C(=O)COC(=O)c2ccc(CNC(N)=O)cc2)c(N)n(Cc2ccccc2)c1=O. The van der Waals surface area contributed by atoms with E-state index < -0.39 is 41.2 Å². The lowest BCUT2D eigenvalue weighted by molar-refractivity contribution is 0.0474. The van der Waals surface area contributed by atoms with Gasteiger partial charge in [-0.25, -0.2) is 14.4 Å². The molecule has 0 saturated heterocycles. The second-order valence-electron chi connectivity index (χ2n) is 7.58. The number of primary amides is 1. The number of nitrogens with one attached hydrogen (secondary N) is 1. The fourth-order valence-corrected chi connectivity index (χ4v) is 3.41. The number of esters is 1. The highest BCUT2D eigenvalue weighted by Gasteiger charge is 2.23. The Labute approximate surface area is 199 Å². The summed E-state index contributed by atoms with van der Waals surface area (Å²) in [4.78, 5) is 61.7. The van der Waals surface area contributed by atoms with Gasteiger partial charge in [-0.15, -0.1) is 0 Å². The topological polar surface area (TPSA) is 169 Å². The Hall–Kier alpha value is -4.67. The fourth-order valence-electron chi connectivity index (χ4n) is 3.41. The van der Waals surface area contributed by atoms with Crippen molar-refractivity contribution in [2.24, 2.45) is 5.73 Å². The van der Waals surface area contributed by atoms with E-state index in [9.17, 15) is 24.0 Å². The maximum Gasteiger partial charge on any atom is 0.338 e. The molecule has 0 fully saturated rings. The molecule has 0 aliphatic heterocycles. The van der Waals surface area contributed by atoms with Crippen LogP contribution in [0.3, 0.4) is 0 Å². The van der Waals surface area contributed by atoms with Gasteiger partial charge in [0.1, 0.15) is 11.4 Å². The molecule has 0 saturated carbocycles. The van der Waals surface area contributed by atoms with Gasteiger partial charge in [0.25, 0.3) is 5.56 Å². The molecule has 11 heteroatoms. The standard InChI is InChI=1S/C24H25N5O6/c1-2-28-21(31)19(20(25)29(24(28)34)13-16-6-4-3-5-7-16)18(30)14-35-22(32)17-10-8-15(9-11-17)12-27-23(26)33/h3-11H,2,12-14,25H2,1H3,(H3,26,27,33). The molecule has 2 aromatic carbocycles.